The molecule has 1 aromatic heterocycles. The van der Waals surface area contributed by atoms with Crippen molar-refractivity contribution in [2.75, 3.05) is 11.1 Å². The Hall–Kier alpha value is -2.80. The molecule has 0 aliphatic heterocycles. The molecule has 7 heteroatoms. The third-order valence-electron chi connectivity index (χ3n) is 3.79. The van der Waals surface area contributed by atoms with Crippen molar-refractivity contribution in [1.82, 2.24) is 10.3 Å². The van der Waals surface area contributed by atoms with Crippen LogP contribution in [-0.2, 0) is 13.1 Å². The van der Waals surface area contributed by atoms with Crippen molar-refractivity contribution < 1.29 is 9.90 Å². The van der Waals surface area contributed by atoms with Crippen molar-refractivity contribution in [2.24, 2.45) is 0 Å². The zero-order valence-corrected chi connectivity index (χ0v) is 14.8. The summed E-state index contributed by atoms with van der Waals surface area (Å²) in [4.78, 5) is 14.8. The number of carboxylic acid groups (broad SMARTS) is 1. The average molecular weight is 400 g/mol. The van der Waals surface area contributed by atoms with E-state index < -0.39 is 6.09 Å². The van der Waals surface area contributed by atoms with Crippen LogP contribution in [0.3, 0.4) is 0 Å². The molecule has 0 aliphatic carbocycles. The van der Waals surface area contributed by atoms with E-state index in [-0.39, 0.29) is 6.54 Å². The van der Waals surface area contributed by atoms with Gasteiger partial charge in [0.15, 0.2) is 0 Å². The summed E-state index contributed by atoms with van der Waals surface area (Å²) in [5.74, 6) is 0. The maximum Gasteiger partial charge on any atom is 0.134 e. The van der Waals surface area contributed by atoms with Crippen LogP contribution in [0.4, 0.5) is 16.2 Å². The number of nitrogens with one attached hydrogen (secondary N) is 2. The minimum absolute atomic E-state index is 0.229. The standard InChI is InChI=1S/C18H17BrN4O2/c19-13-5-6-14-16(7-13)21-10-15(20)17(14)22-8-11-1-3-12(4-2-11)9-23-18(24)25/h1-7,10,23H,8-9,20H2,(H,21,22)(H,24,25)/p-1. The van der Waals surface area contributed by atoms with E-state index in [2.05, 4.69) is 31.5 Å². The predicted octanol–water partition coefficient (Wildman–Crippen LogP) is 2.62. The lowest BCUT2D eigenvalue weighted by molar-refractivity contribution is -0.251. The molecule has 1 amide bonds. The van der Waals surface area contributed by atoms with Crippen LogP contribution in [-0.4, -0.2) is 11.1 Å². The fourth-order valence-corrected chi connectivity index (χ4v) is 2.87. The van der Waals surface area contributed by atoms with Crippen molar-refractivity contribution in [3.63, 3.8) is 0 Å². The van der Waals surface area contributed by atoms with Crippen LogP contribution >= 0.6 is 15.9 Å². The number of benzene rings is 2. The van der Waals surface area contributed by atoms with Gasteiger partial charge in [0.2, 0.25) is 0 Å². The first-order chi connectivity index (χ1) is 12.0. The molecule has 0 saturated carbocycles. The third-order valence-corrected chi connectivity index (χ3v) is 4.28. The van der Waals surface area contributed by atoms with Crippen LogP contribution in [0, 0.1) is 0 Å². The molecule has 3 rings (SSSR count). The number of pyridine rings is 1. The van der Waals surface area contributed by atoms with E-state index in [0.717, 1.165) is 32.2 Å². The molecule has 0 bridgehead atoms. The normalized spacial score (nSPS) is 10.6. The average Bonchev–Trinajstić information content (AvgIpc) is 2.60. The van der Waals surface area contributed by atoms with Gasteiger partial charge < -0.3 is 26.3 Å². The number of hydrogen-bond donors (Lipinski definition) is 3. The predicted molar refractivity (Wildman–Crippen MR) is 99.9 cm³/mol. The maximum atomic E-state index is 10.4. The first-order valence-corrected chi connectivity index (χ1v) is 8.42. The second kappa shape index (κ2) is 7.40. The molecule has 25 heavy (non-hydrogen) atoms. The highest BCUT2D eigenvalue weighted by atomic mass is 79.9. The summed E-state index contributed by atoms with van der Waals surface area (Å²) in [6, 6.07) is 13.5. The van der Waals surface area contributed by atoms with Gasteiger partial charge >= 0.3 is 0 Å². The quantitative estimate of drug-likeness (QED) is 0.611. The highest BCUT2D eigenvalue weighted by molar-refractivity contribution is 9.10. The van der Waals surface area contributed by atoms with Crippen molar-refractivity contribution in [2.45, 2.75) is 13.1 Å². The lowest BCUT2D eigenvalue weighted by Gasteiger charge is -2.13. The number of carbonyl (C=O) groups excluding carboxylic acids is 1. The Morgan fingerprint density at radius 3 is 2.48 bits per heavy atom. The number of nitrogens with two attached hydrogens (primary N) is 1. The zero-order chi connectivity index (χ0) is 17.8. The van der Waals surface area contributed by atoms with Gasteiger partial charge in [-0.15, -0.1) is 0 Å². The number of carbonyl (C=O) groups is 1. The summed E-state index contributed by atoms with van der Waals surface area (Å²) >= 11 is 3.44. The number of anilines is 2. The lowest BCUT2D eigenvalue weighted by Crippen LogP contribution is -2.35. The highest BCUT2D eigenvalue weighted by Gasteiger charge is 2.07. The number of halogens is 1. The molecule has 0 radical (unpaired) electrons. The number of nitrogens with zero attached hydrogens (tertiary/aromatic N) is 1. The molecule has 1 heterocycles. The van der Waals surface area contributed by atoms with Crippen LogP contribution in [0.15, 0.2) is 53.1 Å². The molecule has 128 valence electrons. The fraction of sp³-hybridized carbons (Fsp3) is 0.111. The second-order valence-electron chi connectivity index (χ2n) is 5.56. The third kappa shape index (κ3) is 4.19. The minimum atomic E-state index is -1.28. The van der Waals surface area contributed by atoms with Crippen molar-refractivity contribution in [3.05, 3.63) is 64.3 Å². The molecule has 6 nitrogen and oxygen atoms in total. The number of fused-ring (bicyclic) bond motifs is 1. The number of rotatable bonds is 5. The van der Waals surface area contributed by atoms with Crippen LogP contribution in [0.5, 0.6) is 0 Å². The molecular weight excluding hydrogens is 384 g/mol. The van der Waals surface area contributed by atoms with Gasteiger partial charge in [-0.3, -0.25) is 4.98 Å². The van der Waals surface area contributed by atoms with Gasteiger partial charge in [-0.1, -0.05) is 40.2 Å². The van der Waals surface area contributed by atoms with E-state index in [1.54, 1.807) is 6.20 Å². The minimum Gasteiger partial charge on any atom is -0.530 e. The molecule has 2 aromatic carbocycles. The highest BCUT2D eigenvalue weighted by Crippen LogP contribution is 2.30. The van der Waals surface area contributed by atoms with Gasteiger partial charge in [0, 0.05) is 22.9 Å². The molecule has 3 aromatic rings. The van der Waals surface area contributed by atoms with Crippen LogP contribution in [0.1, 0.15) is 11.1 Å². The topological polar surface area (TPSA) is 103 Å². The van der Waals surface area contributed by atoms with Crippen molar-refractivity contribution >= 4 is 44.3 Å². The first kappa shape index (κ1) is 17.0. The van der Waals surface area contributed by atoms with Gasteiger partial charge in [-0.05, 0) is 29.3 Å². The fourth-order valence-electron chi connectivity index (χ4n) is 2.52. The monoisotopic (exact) mass is 399 g/mol. The van der Waals surface area contributed by atoms with Crippen LogP contribution < -0.4 is 21.5 Å². The van der Waals surface area contributed by atoms with Crippen molar-refractivity contribution in [3.8, 4) is 0 Å². The molecule has 0 fully saturated rings. The van der Waals surface area contributed by atoms with E-state index in [4.69, 9.17) is 5.73 Å². The van der Waals surface area contributed by atoms with Crippen molar-refractivity contribution in [1.29, 1.82) is 0 Å². The summed E-state index contributed by atoms with van der Waals surface area (Å²) in [6.45, 7) is 0.820. The molecule has 0 aliphatic rings. The summed E-state index contributed by atoms with van der Waals surface area (Å²) in [5, 5.41) is 17.0. The van der Waals surface area contributed by atoms with E-state index >= 15 is 0 Å². The van der Waals surface area contributed by atoms with Crippen LogP contribution in [0.25, 0.3) is 10.9 Å². The van der Waals surface area contributed by atoms with E-state index in [9.17, 15) is 9.90 Å². The lowest BCUT2D eigenvalue weighted by atomic mass is 10.1. The summed E-state index contributed by atoms with van der Waals surface area (Å²) in [7, 11) is 0. The summed E-state index contributed by atoms with van der Waals surface area (Å²) < 4.78 is 0.962. The molecule has 0 spiro atoms. The van der Waals surface area contributed by atoms with Gasteiger partial charge in [-0.25, -0.2) is 0 Å². The smallest absolute Gasteiger partial charge is 0.134 e. The summed E-state index contributed by atoms with van der Waals surface area (Å²) in [6.07, 6.45) is 0.364. The largest absolute Gasteiger partial charge is 0.530 e. The molecular formula is C18H16BrN4O2-. The molecule has 0 unspecified atom stereocenters. The van der Waals surface area contributed by atoms with E-state index in [1.807, 2.05) is 42.5 Å². The zero-order valence-electron chi connectivity index (χ0n) is 13.3. The molecule has 0 atom stereocenters. The Balaban J connectivity index is 1.74. The summed E-state index contributed by atoms with van der Waals surface area (Å²) in [5.41, 5.74) is 10.3. The number of hydrogen-bond acceptors (Lipinski definition) is 5. The number of nitrogen functional groups attached to an aromatic ring is 1. The number of aromatic nitrogens is 1. The van der Waals surface area contributed by atoms with Crippen LogP contribution in [0.2, 0.25) is 0 Å². The van der Waals surface area contributed by atoms with Gasteiger partial charge in [0.25, 0.3) is 0 Å². The Morgan fingerprint density at radius 1 is 1.12 bits per heavy atom. The SMILES string of the molecule is Nc1cnc2cc(Br)ccc2c1NCc1ccc(CNC(=O)[O-])cc1. The second-order valence-corrected chi connectivity index (χ2v) is 6.48. The molecule has 4 N–H and O–H groups in total. The van der Waals surface area contributed by atoms with E-state index in [0.29, 0.717) is 12.2 Å². The Labute approximate surface area is 153 Å². The Kier molecular flexibility index (Phi) is 5.04. The first-order valence-electron chi connectivity index (χ1n) is 7.63. The number of amides is 1. The Bertz CT molecular complexity index is 913. The molecule has 0 saturated heterocycles. The van der Waals surface area contributed by atoms with E-state index in [1.165, 1.54) is 0 Å². The maximum absolute atomic E-state index is 10.4. The van der Waals surface area contributed by atoms with Gasteiger partial charge in [-0.2, -0.15) is 0 Å². The van der Waals surface area contributed by atoms with Gasteiger partial charge in [0.05, 0.1) is 23.1 Å². The Morgan fingerprint density at radius 2 is 1.80 bits per heavy atom. The van der Waals surface area contributed by atoms with Gasteiger partial charge in [0.1, 0.15) is 6.09 Å².